The molecule has 0 radical (unpaired) electrons. The van der Waals surface area contributed by atoms with Gasteiger partial charge in [0.15, 0.2) is 6.10 Å². The van der Waals surface area contributed by atoms with Crippen molar-refractivity contribution in [2.75, 3.05) is 13.2 Å². The Morgan fingerprint density at radius 1 is 0.351 bits per heavy atom. The topological polar surface area (TPSA) is 78.9 Å². The van der Waals surface area contributed by atoms with Gasteiger partial charge in [0.05, 0.1) is 0 Å². The molecule has 338 valence electrons. The molecule has 0 aromatic heterocycles. The van der Waals surface area contributed by atoms with E-state index >= 15 is 0 Å². The average Bonchev–Trinajstić information content (AvgIpc) is 3.21. The highest BCUT2D eigenvalue weighted by atomic mass is 16.6. The maximum Gasteiger partial charge on any atom is 0.306 e. The highest BCUT2D eigenvalue weighted by Crippen LogP contribution is 2.17. The van der Waals surface area contributed by atoms with E-state index in [4.69, 9.17) is 14.2 Å². The summed E-state index contributed by atoms with van der Waals surface area (Å²) >= 11 is 0. The third-order valence-electron chi connectivity index (χ3n) is 11.9. The quantitative estimate of drug-likeness (QED) is 0.0346. The molecule has 0 saturated carbocycles. The number of esters is 3. The maximum absolute atomic E-state index is 12.8. The van der Waals surface area contributed by atoms with Crippen LogP contribution in [0.3, 0.4) is 0 Å². The van der Waals surface area contributed by atoms with Crippen molar-refractivity contribution in [3.05, 3.63) is 0 Å². The summed E-state index contributed by atoms with van der Waals surface area (Å²) in [6.45, 7) is 9.03. The summed E-state index contributed by atoms with van der Waals surface area (Å²) in [5.74, 6) is 0.0201. The number of rotatable bonds is 46. The molecule has 0 aliphatic rings. The van der Waals surface area contributed by atoms with Crippen LogP contribution in [0.2, 0.25) is 0 Å². The Labute approximate surface area is 355 Å². The smallest absolute Gasteiger partial charge is 0.306 e. The summed E-state index contributed by atoms with van der Waals surface area (Å²) in [5, 5.41) is 0. The van der Waals surface area contributed by atoms with Crippen molar-refractivity contribution in [3.8, 4) is 0 Å². The minimum absolute atomic E-state index is 0.0630. The average molecular weight is 807 g/mol. The summed E-state index contributed by atoms with van der Waals surface area (Å²) < 4.78 is 16.8. The summed E-state index contributed by atoms with van der Waals surface area (Å²) in [6.07, 6.45) is 46.5. The SMILES string of the molecule is CCCCCCCCCCCCCCCCCC(=O)OC[C@@H](COC(=O)CCCCCCCCCCCC)OC(=O)CCCCCCCCCCCCC(C)CC. The van der Waals surface area contributed by atoms with Gasteiger partial charge in [-0.15, -0.1) is 0 Å². The summed E-state index contributed by atoms with van der Waals surface area (Å²) in [6, 6.07) is 0. The fraction of sp³-hybridized carbons (Fsp3) is 0.941. The zero-order chi connectivity index (χ0) is 41.7. The van der Waals surface area contributed by atoms with Crippen molar-refractivity contribution in [1.82, 2.24) is 0 Å². The fourth-order valence-corrected chi connectivity index (χ4v) is 7.66. The lowest BCUT2D eigenvalue weighted by Gasteiger charge is -2.18. The minimum atomic E-state index is -0.760. The maximum atomic E-state index is 12.8. The van der Waals surface area contributed by atoms with Gasteiger partial charge >= 0.3 is 17.9 Å². The van der Waals surface area contributed by atoms with Crippen molar-refractivity contribution in [2.24, 2.45) is 5.92 Å². The molecule has 0 spiro atoms. The van der Waals surface area contributed by atoms with Crippen LogP contribution >= 0.6 is 0 Å². The number of ether oxygens (including phenoxy) is 3. The third kappa shape index (κ3) is 43.8. The van der Waals surface area contributed by atoms with Crippen molar-refractivity contribution in [3.63, 3.8) is 0 Å². The van der Waals surface area contributed by atoms with E-state index in [-0.39, 0.29) is 31.1 Å². The Morgan fingerprint density at radius 2 is 0.614 bits per heavy atom. The van der Waals surface area contributed by atoms with Crippen LogP contribution in [0.15, 0.2) is 0 Å². The van der Waals surface area contributed by atoms with Crippen LogP contribution in [-0.4, -0.2) is 37.2 Å². The van der Waals surface area contributed by atoms with Gasteiger partial charge in [0, 0.05) is 19.3 Å². The Morgan fingerprint density at radius 3 is 0.912 bits per heavy atom. The second kappa shape index (κ2) is 45.5. The Bertz CT molecular complexity index is 859. The molecule has 6 heteroatoms. The van der Waals surface area contributed by atoms with Crippen molar-refractivity contribution >= 4 is 17.9 Å². The van der Waals surface area contributed by atoms with Crippen LogP contribution in [0, 0.1) is 5.92 Å². The van der Waals surface area contributed by atoms with Gasteiger partial charge in [-0.3, -0.25) is 14.4 Å². The minimum Gasteiger partial charge on any atom is -0.462 e. The molecule has 0 aliphatic heterocycles. The molecule has 57 heavy (non-hydrogen) atoms. The molecule has 2 atom stereocenters. The molecule has 0 bridgehead atoms. The number of hydrogen-bond donors (Lipinski definition) is 0. The highest BCUT2D eigenvalue weighted by Gasteiger charge is 2.19. The molecular weight excluding hydrogens is 709 g/mol. The molecule has 0 aromatic carbocycles. The van der Waals surface area contributed by atoms with Crippen LogP contribution in [-0.2, 0) is 28.6 Å². The number of carbonyl (C=O) groups excluding carboxylic acids is 3. The summed E-state index contributed by atoms with van der Waals surface area (Å²) in [7, 11) is 0. The predicted octanol–water partition coefficient (Wildman–Crippen LogP) is 16.3. The lowest BCUT2D eigenvalue weighted by atomic mass is 9.99. The van der Waals surface area contributed by atoms with E-state index in [1.54, 1.807) is 0 Å². The van der Waals surface area contributed by atoms with Crippen LogP contribution in [0.5, 0.6) is 0 Å². The first-order chi connectivity index (χ1) is 27.9. The van der Waals surface area contributed by atoms with Gasteiger partial charge in [0.25, 0.3) is 0 Å². The number of unbranched alkanes of at least 4 members (excludes halogenated alkanes) is 32. The standard InChI is InChI=1S/C51H98O6/c1-5-8-10-12-14-16-18-19-20-21-22-27-31-35-39-43-50(53)56-46-48(45-55-49(52)42-38-34-30-26-17-15-13-11-9-6-2)57-51(54)44-40-36-32-28-24-23-25-29-33-37-41-47(4)7-3/h47-48H,5-46H2,1-4H3/t47?,48-/m1/s1. The Hall–Kier alpha value is -1.59. The molecule has 0 fully saturated rings. The van der Waals surface area contributed by atoms with Gasteiger partial charge in [-0.05, 0) is 25.2 Å². The molecule has 0 heterocycles. The molecule has 1 unspecified atom stereocenters. The molecule has 6 nitrogen and oxygen atoms in total. The fourth-order valence-electron chi connectivity index (χ4n) is 7.66. The number of carbonyl (C=O) groups is 3. The third-order valence-corrected chi connectivity index (χ3v) is 11.9. The van der Waals surface area contributed by atoms with Crippen molar-refractivity contribution in [1.29, 1.82) is 0 Å². The molecule has 0 saturated heterocycles. The summed E-state index contributed by atoms with van der Waals surface area (Å²) in [4.78, 5) is 37.9. The van der Waals surface area contributed by atoms with Gasteiger partial charge in [-0.1, -0.05) is 246 Å². The van der Waals surface area contributed by atoms with Crippen molar-refractivity contribution < 1.29 is 28.6 Å². The molecule has 0 rings (SSSR count). The van der Waals surface area contributed by atoms with Crippen LogP contribution < -0.4 is 0 Å². The zero-order valence-corrected chi connectivity index (χ0v) is 38.8. The van der Waals surface area contributed by atoms with Crippen LogP contribution in [0.1, 0.15) is 285 Å². The Balaban J connectivity index is 4.30. The molecule has 0 amide bonds. The highest BCUT2D eigenvalue weighted by molar-refractivity contribution is 5.71. The van der Waals surface area contributed by atoms with E-state index in [1.807, 2.05) is 0 Å². The van der Waals surface area contributed by atoms with E-state index in [0.29, 0.717) is 19.3 Å². The van der Waals surface area contributed by atoms with E-state index in [0.717, 1.165) is 63.7 Å². The largest absolute Gasteiger partial charge is 0.462 e. The molecule has 0 N–H and O–H groups in total. The molecule has 0 aliphatic carbocycles. The van der Waals surface area contributed by atoms with E-state index in [2.05, 4.69) is 27.7 Å². The van der Waals surface area contributed by atoms with E-state index in [1.165, 1.54) is 180 Å². The van der Waals surface area contributed by atoms with Gasteiger partial charge < -0.3 is 14.2 Å². The first-order valence-corrected chi connectivity index (χ1v) is 25.4. The van der Waals surface area contributed by atoms with Crippen LogP contribution in [0.4, 0.5) is 0 Å². The second-order valence-corrected chi connectivity index (χ2v) is 17.7. The Kier molecular flexibility index (Phi) is 44.2. The first-order valence-electron chi connectivity index (χ1n) is 25.4. The normalized spacial score (nSPS) is 12.4. The van der Waals surface area contributed by atoms with E-state index < -0.39 is 6.10 Å². The van der Waals surface area contributed by atoms with Crippen LogP contribution in [0.25, 0.3) is 0 Å². The summed E-state index contributed by atoms with van der Waals surface area (Å²) in [5.41, 5.74) is 0. The number of hydrogen-bond acceptors (Lipinski definition) is 6. The second-order valence-electron chi connectivity index (χ2n) is 17.7. The molecule has 0 aromatic rings. The van der Waals surface area contributed by atoms with Gasteiger partial charge in [-0.2, -0.15) is 0 Å². The van der Waals surface area contributed by atoms with Gasteiger partial charge in [0.1, 0.15) is 13.2 Å². The first kappa shape index (κ1) is 55.4. The van der Waals surface area contributed by atoms with E-state index in [9.17, 15) is 14.4 Å². The lowest BCUT2D eigenvalue weighted by Crippen LogP contribution is -2.30. The van der Waals surface area contributed by atoms with Crippen molar-refractivity contribution in [2.45, 2.75) is 291 Å². The zero-order valence-electron chi connectivity index (χ0n) is 38.8. The van der Waals surface area contributed by atoms with Gasteiger partial charge in [0.2, 0.25) is 0 Å². The monoisotopic (exact) mass is 807 g/mol. The molecular formula is C51H98O6. The predicted molar refractivity (Wildman–Crippen MR) is 243 cm³/mol. The lowest BCUT2D eigenvalue weighted by molar-refractivity contribution is -0.167. The van der Waals surface area contributed by atoms with Gasteiger partial charge in [-0.25, -0.2) is 0 Å².